The zero-order valence-corrected chi connectivity index (χ0v) is 10.3. The van der Waals surface area contributed by atoms with Crippen LogP contribution in [0.25, 0.3) is 0 Å². The van der Waals surface area contributed by atoms with Gasteiger partial charge in [0.05, 0.1) is 12.6 Å². The minimum atomic E-state index is -0.0456. The third-order valence-corrected chi connectivity index (χ3v) is 3.57. The number of nitrogens with one attached hydrogen (secondary N) is 1. The fraction of sp³-hybridized carbons (Fsp3) is 0.727. The molecule has 1 aliphatic heterocycles. The summed E-state index contributed by atoms with van der Waals surface area (Å²) < 4.78 is 0. The maximum absolute atomic E-state index is 11.7. The summed E-state index contributed by atoms with van der Waals surface area (Å²) in [7, 11) is 0. The van der Waals surface area contributed by atoms with E-state index in [0.29, 0.717) is 6.54 Å². The molecule has 1 atom stereocenters. The topological polar surface area (TPSA) is 52.6 Å². The minimum Gasteiger partial charge on any atom is -0.394 e. The molecule has 1 unspecified atom stereocenters. The second kappa shape index (κ2) is 7.57. The Morgan fingerprint density at radius 1 is 1.69 bits per heavy atom. The average Bonchev–Trinajstić information content (AvgIpc) is 2.76. The second-order valence-electron chi connectivity index (χ2n) is 3.77. The van der Waals surface area contributed by atoms with Gasteiger partial charge in [-0.3, -0.25) is 0 Å². The number of hydrogen-bond donors (Lipinski definition) is 2. The molecule has 0 aromatic rings. The van der Waals surface area contributed by atoms with Crippen LogP contribution in [-0.4, -0.2) is 53.3 Å². The molecule has 5 heteroatoms. The van der Waals surface area contributed by atoms with Crippen LogP contribution >= 0.6 is 11.8 Å². The van der Waals surface area contributed by atoms with Crippen LogP contribution in [0.5, 0.6) is 0 Å². The number of carbonyl (C=O) groups excluding carboxylic acids is 1. The normalized spacial score (nSPS) is 19.8. The molecule has 2 N–H and O–H groups in total. The van der Waals surface area contributed by atoms with Crippen molar-refractivity contribution in [2.24, 2.45) is 0 Å². The van der Waals surface area contributed by atoms with Crippen molar-refractivity contribution in [1.82, 2.24) is 10.2 Å². The summed E-state index contributed by atoms with van der Waals surface area (Å²) in [6, 6.07) is -0.0309. The highest BCUT2D eigenvalue weighted by atomic mass is 32.2. The molecule has 0 aromatic carbocycles. The first-order valence-corrected chi connectivity index (χ1v) is 6.79. The molecule has 1 rings (SSSR count). The Morgan fingerprint density at radius 2 is 2.50 bits per heavy atom. The molecule has 1 fully saturated rings. The highest BCUT2D eigenvalue weighted by Gasteiger charge is 2.27. The van der Waals surface area contributed by atoms with E-state index in [1.807, 2.05) is 6.08 Å². The molecule has 1 heterocycles. The molecule has 4 nitrogen and oxygen atoms in total. The Balaban J connectivity index is 2.16. The fourth-order valence-electron chi connectivity index (χ4n) is 1.79. The lowest BCUT2D eigenvalue weighted by Gasteiger charge is -2.23. The van der Waals surface area contributed by atoms with E-state index in [9.17, 15) is 4.79 Å². The number of amides is 2. The van der Waals surface area contributed by atoms with E-state index in [0.717, 1.165) is 30.9 Å². The van der Waals surface area contributed by atoms with Crippen molar-refractivity contribution in [3.63, 3.8) is 0 Å². The molecule has 0 spiro atoms. The molecule has 0 aliphatic carbocycles. The van der Waals surface area contributed by atoms with Crippen LogP contribution < -0.4 is 5.32 Å². The first-order valence-electron chi connectivity index (χ1n) is 5.63. The largest absolute Gasteiger partial charge is 0.394 e. The van der Waals surface area contributed by atoms with E-state index in [1.165, 1.54) is 0 Å². The number of aliphatic hydroxyl groups excluding tert-OH is 1. The Morgan fingerprint density at radius 3 is 3.19 bits per heavy atom. The van der Waals surface area contributed by atoms with E-state index < -0.39 is 0 Å². The number of nitrogens with zero attached hydrogens (tertiary/aromatic N) is 1. The maximum atomic E-state index is 11.7. The van der Waals surface area contributed by atoms with Gasteiger partial charge in [-0.05, 0) is 12.8 Å². The molecule has 2 amide bonds. The number of thioether (sulfide) groups is 1. The van der Waals surface area contributed by atoms with Gasteiger partial charge in [0.15, 0.2) is 0 Å². The van der Waals surface area contributed by atoms with Gasteiger partial charge >= 0.3 is 6.03 Å². The Kier molecular flexibility index (Phi) is 6.33. The SMILES string of the molecule is C=CCSCCNC(=O)N1CCCC1CO. The lowest BCUT2D eigenvalue weighted by Crippen LogP contribution is -2.44. The van der Waals surface area contributed by atoms with Crippen LogP contribution in [0.15, 0.2) is 12.7 Å². The number of carbonyl (C=O) groups is 1. The van der Waals surface area contributed by atoms with Crippen LogP contribution in [0.2, 0.25) is 0 Å². The quantitative estimate of drug-likeness (QED) is 0.543. The summed E-state index contributed by atoms with van der Waals surface area (Å²) in [6.45, 7) is 5.13. The molecule has 0 saturated carbocycles. The lowest BCUT2D eigenvalue weighted by atomic mass is 10.2. The summed E-state index contributed by atoms with van der Waals surface area (Å²) >= 11 is 1.74. The Hall–Kier alpha value is -0.680. The predicted molar refractivity (Wildman–Crippen MR) is 67.7 cm³/mol. The smallest absolute Gasteiger partial charge is 0.317 e. The molecule has 0 radical (unpaired) electrons. The Bertz CT molecular complexity index is 236. The number of likely N-dealkylation sites (tertiary alicyclic amines) is 1. The van der Waals surface area contributed by atoms with Gasteiger partial charge < -0.3 is 15.3 Å². The third kappa shape index (κ3) is 4.06. The van der Waals surface area contributed by atoms with Gasteiger partial charge in [-0.2, -0.15) is 11.8 Å². The standard InChI is InChI=1S/C11H20N2O2S/c1-2-7-16-8-5-12-11(15)13-6-3-4-10(13)9-14/h2,10,14H,1,3-9H2,(H,12,15). The van der Waals surface area contributed by atoms with Gasteiger partial charge in [0, 0.05) is 24.6 Å². The van der Waals surface area contributed by atoms with Crippen molar-refractivity contribution in [3.05, 3.63) is 12.7 Å². The number of urea groups is 1. The van der Waals surface area contributed by atoms with Crippen LogP contribution in [0, 0.1) is 0 Å². The van der Waals surface area contributed by atoms with Crippen molar-refractivity contribution >= 4 is 17.8 Å². The van der Waals surface area contributed by atoms with E-state index in [1.54, 1.807) is 16.7 Å². The van der Waals surface area contributed by atoms with Crippen molar-refractivity contribution in [3.8, 4) is 0 Å². The maximum Gasteiger partial charge on any atom is 0.317 e. The Labute approximate surface area is 101 Å². The van der Waals surface area contributed by atoms with Crippen molar-refractivity contribution in [2.75, 3.05) is 31.2 Å². The van der Waals surface area contributed by atoms with Crippen LogP contribution in [-0.2, 0) is 0 Å². The molecule has 0 aromatic heterocycles. The average molecular weight is 244 g/mol. The summed E-state index contributed by atoms with van der Waals surface area (Å²) in [5.41, 5.74) is 0. The molecule has 1 aliphatic rings. The second-order valence-corrected chi connectivity index (χ2v) is 4.92. The fourth-order valence-corrected chi connectivity index (χ4v) is 2.37. The summed E-state index contributed by atoms with van der Waals surface area (Å²) in [4.78, 5) is 13.5. The molecule has 0 bridgehead atoms. The van der Waals surface area contributed by atoms with Gasteiger partial charge in [0.1, 0.15) is 0 Å². The minimum absolute atomic E-state index is 0.0147. The van der Waals surface area contributed by atoms with Crippen LogP contribution in [0.4, 0.5) is 4.79 Å². The molecule has 16 heavy (non-hydrogen) atoms. The van der Waals surface area contributed by atoms with Gasteiger partial charge in [0.25, 0.3) is 0 Å². The molecular formula is C11H20N2O2S. The monoisotopic (exact) mass is 244 g/mol. The highest BCUT2D eigenvalue weighted by Crippen LogP contribution is 2.16. The zero-order valence-electron chi connectivity index (χ0n) is 9.52. The van der Waals surface area contributed by atoms with E-state index in [-0.39, 0.29) is 18.7 Å². The highest BCUT2D eigenvalue weighted by molar-refractivity contribution is 7.99. The van der Waals surface area contributed by atoms with Crippen molar-refractivity contribution in [1.29, 1.82) is 0 Å². The van der Waals surface area contributed by atoms with E-state index >= 15 is 0 Å². The molecule has 92 valence electrons. The van der Waals surface area contributed by atoms with Gasteiger partial charge in [-0.1, -0.05) is 6.08 Å². The zero-order chi connectivity index (χ0) is 11.8. The molecular weight excluding hydrogens is 224 g/mol. The van der Waals surface area contributed by atoms with Crippen molar-refractivity contribution < 1.29 is 9.90 Å². The number of aliphatic hydroxyl groups is 1. The first-order chi connectivity index (χ1) is 7.79. The summed E-state index contributed by atoms with van der Waals surface area (Å²) in [5.74, 6) is 1.81. The van der Waals surface area contributed by atoms with Gasteiger partial charge in [-0.15, -0.1) is 6.58 Å². The predicted octanol–water partition coefficient (Wildman–Crippen LogP) is 1.07. The number of hydrogen-bond acceptors (Lipinski definition) is 3. The molecule has 1 saturated heterocycles. The van der Waals surface area contributed by atoms with Gasteiger partial charge in [-0.25, -0.2) is 4.79 Å². The van der Waals surface area contributed by atoms with E-state index in [2.05, 4.69) is 11.9 Å². The van der Waals surface area contributed by atoms with E-state index in [4.69, 9.17) is 5.11 Å². The first kappa shape index (κ1) is 13.4. The van der Waals surface area contributed by atoms with Crippen LogP contribution in [0.1, 0.15) is 12.8 Å². The summed E-state index contributed by atoms with van der Waals surface area (Å²) in [5, 5.41) is 12.0. The lowest BCUT2D eigenvalue weighted by molar-refractivity contribution is 0.157. The van der Waals surface area contributed by atoms with Crippen molar-refractivity contribution in [2.45, 2.75) is 18.9 Å². The third-order valence-electron chi connectivity index (χ3n) is 2.61. The number of rotatable bonds is 6. The summed E-state index contributed by atoms with van der Waals surface area (Å²) in [6.07, 6.45) is 3.76. The van der Waals surface area contributed by atoms with Gasteiger partial charge in [0.2, 0.25) is 0 Å². The van der Waals surface area contributed by atoms with Crippen LogP contribution in [0.3, 0.4) is 0 Å².